The number of rotatable bonds is 9. The van der Waals surface area contributed by atoms with Gasteiger partial charge in [0.1, 0.15) is 24.5 Å². The van der Waals surface area contributed by atoms with E-state index >= 15 is 0 Å². The summed E-state index contributed by atoms with van der Waals surface area (Å²) in [4.78, 5) is 42.7. The van der Waals surface area contributed by atoms with Gasteiger partial charge in [-0.1, -0.05) is 48.5 Å². The van der Waals surface area contributed by atoms with Crippen molar-refractivity contribution in [2.75, 3.05) is 26.3 Å². The van der Waals surface area contributed by atoms with Crippen LogP contribution in [0.3, 0.4) is 0 Å². The van der Waals surface area contributed by atoms with Gasteiger partial charge in [-0.25, -0.2) is 9.59 Å². The number of aliphatic hydroxyl groups is 1. The van der Waals surface area contributed by atoms with Gasteiger partial charge in [-0.05, 0) is 50.3 Å². The average molecular weight is 510 g/mol. The monoisotopic (exact) mass is 509 g/mol. The normalized spacial score (nSPS) is 20.8. The number of para-hydroxylation sites is 1. The Morgan fingerprint density at radius 3 is 2.32 bits per heavy atom. The van der Waals surface area contributed by atoms with Crippen LogP contribution in [0.15, 0.2) is 60.7 Å². The zero-order valence-corrected chi connectivity index (χ0v) is 21.1. The third kappa shape index (κ3) is 6.40. The highest BCUT2D eigenvalue weighted by Crippen LogP contribution is 2.27. The maximum Gasteiger partial charge on any atom is 0.333 e. The van der Waals surface area contributed by atoms with E-state index in [1.54, 1.807) is 36.1 Å². The molecule has 2 fully saturated rings. The first-order valence-corrected chi connectivity index (χ1v) is 12.9. The molecule has 2 aromatic rings. The zero-order chi connectivity index (χ0) is 26.2. The van der Waals surface area contributed by atoms with Crippen molar-refractivity contribution in [1.29, 1.82) is 0 Å². The first-order chi connectivity index (χ1) is 18.0. The van der Waals surface area contributed by atoms with E-state index in [1.165, 1.54) is 4.90 Å². The topological polar surface area (TPSA) is 108 Å². The number of carbonyl (C=O) groups is 3. The SMILES string of the molecule is CCOC(=O)[C@@H](NC(=O)N1CCC[C@H]1C(=O)N1CCC[C@H]1C(O)COc1ccccc1)c1ccccc1. The molecule has 0 spiro atoms. The van der Waals surface area contributed by atoms with E-state index in [9.17, 15) is 19.5 Å². The van der Waals surface area contributed by atoms with Crippen LogP contribution in [-0.4, -0.2) is 77.3 Å². The van der Waals surface area contributed by atoms with E-state index in [4.69, 9.17) is 9.47 Å². The van der Waals surface area contributed by atoms with Crippen LogP contribution in [-0.2, 0) is 14.3 Å². The second-order valence-electron chi connectivity index (χ2n) is 9.33. The molecule has 4 atom stereocenters. The van der Waals surface area contributed by atoms with Crippen LogP contribution < -0.4 is 10.1 Å². The number of benzene rings is 2. The number of urea groups is 1. The molecule has 198 valence electrons. The molecule has 0 radical (unpaired) electrons. The van der Waals surface area contributed by atoms with Gasteiger partial charge in [0.25, 0.3) is 0 Å². The van der Waals surface area contributed by atoms with Crippen LogP contribution in [0.1, 0.15) is 44.2 Å². The number of likely N-dealkylation sites (tertiary alicyclic amines) is 2. The number of amides is 3. The number of hydrogen-bond donors (Lipinski definition) is 2. The van der Waals surface area contributed by atoms with E-state index in [0.29, 0.717) is 43.7 Å². The molecule has 9 nitrogen and oxygen atoms in total. The number of carbonyl (C=O) groups excluding carboxylic acids is 3. The van der Waals surface area contributed by atoms with Crippen LogP contribution >= 0.6 is 0 Å². The number of aliphatic hydroxyl groups excluding tert-OH is 1. The Bertz CT molecular complexity index is 1050. The Morgan fingerprint density at radius 2 is 1.62 bits per heavy atom. The van der Waals surface area contributed by atoms with Gasteiger partial charge in [0.05, 0.1) is 12.6 Å². The lowest BCUT2D eigenvalue weighted by molar-refractivity contribution is -0.145. The highest BCUT2D eigenvalue weighted by molar-refractivity contribution is 5.90. The molecule has 0 saturated carbocycles. The summed E-state index contributed by atoms with van der Waals surface area (Å²) in [7, 11) is 0. The van der Waals surface area contributed by atoms with Gasteiger partial charge >= 0.3 is 12.0 Å². The smallest absolute Gasteiger partial charge is 0.333 e. The van der Waals surface area contributed by atoms with Gasteiger partial charge in [0.15, 0.2) is 6.04 Å². The summed E-state index contributed by atoms with van der Waals surface area (Å²) in [5, 5.41) is 13.6. The van der Waals surface area contributed by atoms with Gasteiger partial charge in [-0.15, -0.1) is 0 Å². The fourth-order valence-electron chi connectivity index (χ4n) is 5.09. The minimum atomic E-state index is -0.971. The van der Waals surface area contributed by atoms with Gasteiger partial charge < -0.3 is 29.7 Å². The number of nitrogens with zero attached hydrogens (tertiary/aromatic N) is 2. The molecule has 2 saturated heterocycles. The van der Waals surface area contributed by atoms with Crippen molar-refractivity contribution in [3.05, 3.63) is 66.2 Å². The molecule has 9 heteroatoms. The van der Waals surface area contributed by atoms with E-state index in [1.807, 2.05) is 36.4 Å². The molecule has 2 aliphatic rings. The molecule has 2 heterocycles. The first-order valence-electron chi connectivity index (χ1n) is 12.9. The molecule has 1 unspecified atom stereocenters. The maximum absolute atomic E-state index is 13.6. The summed E-state index contributed by atoms with van der Waals surface area (Å²) in [6, 6.07) is 15.7. The third-order valence-corrected chi connectivity index (χ3v) is 6.91. The number of hydrogen-bond acceptors (Lipinski definition) is 6. The molecular formula is C28H35N3O6. The summed E-state index contributed by atoms with van der Waals surface area (Å²) < 4.78 is 10.9. The van der Waals surface area contributed by atoms with Crippen molar-refractivity contribution in [1.82, 2.24) is 15.1 Å². The first kappa shape index (κ1) is 26.5. The van der Waals surface area contributed by atoms with E-state index in [0.717, 1.165) is 6.42 Å². The predicted octanol–water partition coefficient (Wildman–Crippen LogP) is 2.90. The van der Waals surface area contributed by atoms with Gasteiger partial charge in [-0.3, -0.25) is 4.79 Å². The lowest BCUT2D eigenvalue weighted by Gasteiger charge is -2.34. The number of nitrogens with one attached hydrogen (secondary N) is 1. The second kappa shape index (κ2) is 12.6. The predicted molar refractivity (Wildman–Crippen MR) is 137 cm³/mol. The van der Waals surface area contributed by atoms with Gasteiger partial charge in [0, 0.05) is 13.1 Å². The Kier molecular flexibility index (Phi) is 9.00. The Morgan fingerprint density at radius 1 is 0.973 bits per heavy atom. The minimum Gasteiger partial charge on any atom is -0.491 e. The lowest BCUT2D eigenvalue weighted by atomic mass is 10.1. The molecule has 0 bridgehead atoms. The zero-order valence-electron chi connectivity index (χ0n) is 21.1. The van der Waals surface area contributed by atoms with Gasteiger partial charge in [-0.2, -0.15) is 0 Å². The fourth-order valence-corrected chi connectivity index (χ4v) is 5.09. The average Bonchev–Trinajstić information content (AvgIpc) is 3.62. The fraction of sp³-hybridized carbons (Fsp3) is 0.464. The maximum atomic E-state index is 13.6. The van der Waals surface area contributed by atoms with Crippen molar-refractivity contribution in [2.45, 2.75) is 56.8 Å². The lowest BCUT2D eigenvalue weighted by Crippen LogP contribution is -2.54. The van der Waals surface area contributed by atoms with E-state index < -0.39 is 30.2 Å². The van der Waals surface area contributed by atoms with Crippen LogP contribution in [0, 0.1) is 0 Å². The van der Waals surface area contributed by atoms with Crippen molar-refractivity contribution >= 4 is 17.9 Å². The van der Waals surface area contributed by atoms with Gasteiger partial charge in [0.2, 0.25) is 5.91 Å². The summed E-state index contributed by atoms with van der Waals surface area (Å²) in [5.41, 5.74) is 0.609. The Labute approximate surface area is 217 Å². The van der Waals surface area contributed by atoms with E-state index in [-0.39, 0.29) is 25.2 Å². The summed E-state index contributed by atoms with van der Waals surface area (Å²) in [5.74, 6) is -0.0720. The molecule has 0 aromatic heterocycles. The van der Waals surface area contributed by atoms with Crippen LogP contribution in [0.2, 0.25) is 0 Å². The number of ether oxygens (including phenoxy) is 2. The molecule has 4 rings (SSSR count). The van der Waals surface area contributed by atoms with Crippen molar-refractivity contribution in [3.8, 4) is 5.75 Å². The molecule has 2 N–H and O–H groups in total. The van der Waals surface area contributed by atoms with Crippen LogP contribution in [0.25, 0.3) is 0 Å². The molecule has 37 heavy (non-hydrogen) atoms. The molecule has 2 aromatic carbocycles. The highest BCUT2D eigenvalue weighted by Gasteiger charge is 2.42. The molecule has 3 amide bonds. The second-order valence-corrected chi connectivity index (χ2v) is 9.33. The molecule has 0 aliphatic carbocycles. The Balaban J connectivity index is 1.41. The number of esters is 1. The molecular weight excluding hydrogens is 474 g/mol. The summed E-state index contributed by atoms with van der Waals surface area (Å²) >= 11 is 0. The standard InChI is InChI=1S/C28H35N3O6/c1-2-36-27(34)25(20-11-5-3-6-12-20)29-28(35)31-18-10-16-23(31)26(33)30-17-9-15-22(30)24(32)19-37-21-13-7-4-8-14-21/h3-8,11-14,22-25,32H,2,9-10,15-19H2,1H3,(H,29,35)/t22-,23-,24?,25-/m0/s1. The van der Waals surface area contributed by atoms with Crippen molar-refractivity contribution < 1.29 is 29.0 Å². The van der Waals surface area contributed by atoms with Crippen LogP contribution in [0.5, 0.6) is 5.75 Å². The van der Waals surface area contributed by atoms with Crippen molar-refractivity contribution in [2.24, 2.45) is 0 Å². The molecule has 2 aliphatic heterocycles. The van der Waals surface area contributed by atoms with E-state index in [2.05, 4.69) is 5.32 Å². The quantitative estimate of drug-likeness (QED) is 0.504. The van der Waals surface area contributed by atoms with Crippen LogP contribution in [0.4, 0.5) is 4.79 Å². The minimum absolute atomic E-state index is 0.0750. The highest BCUT2D eigenvalue weighted by atomic mass is 16.5. The summed E-state index contributed by atoms with van der Waals surface area (Å²) in [6.07, 6.45) is 1.81. The largest absolute Gasteiger partial charge is 0.491 e. The summed E-state index contributed by atoms with van der Waals surface area (Å²) in [6.45, 7) is 2.90. The third-order valence-electron chi connectivity index (χ3n) is 6.91. The van der Waals surface area contributed by atoms with Crippen molar-refractivity contribution in [3.63, 3.8) is 0 Å². The Hall–Kier alpha value is -3.59.